The molecule has 4 N–H and O–H groups in total. The van der Waals surface area contributed by atoms with Gasteiger partial charge in [-0.25, -0.2) is 15.0 Å². The summed E-state index contributed by atoms with van der Waals surface area (Å²) >= 11 is 0. The van der Waals surface area contributed by atoms with Crippen molar-refractivity contribution in [2.75, 3.05) is 11.5 Å². The molecule has 0 aromatic carbocycles. The molecule has 0 aliphatic heterocycles. The quantitative estimate of drug-likeness (QED) is 0.773. The van der Waals surface area contributed by atoms with Crippen molar-refractivity contribution >= 4 is 22.8 Å². The second-order valence-electron chi connectivity index (χ2n) is 5.96. The minimum atomic E-state index is 0.402. The number of rotatable bonds is 3. The molecule has 4 rings (SSSR count). The van der Waals surface area contributed by atoms with Crippen molar-refractivity contribution in [1.29, 1.82) is 0 Å². The summed E-state index contributed by atoms with van der Waals surface area (Å²) in [5.41, 5.74) is 15.1. The van der Waals surface area contributed by atoms with Gasteiger partial charge in [0.2, 0.25) is 0 Å². The van der Waals surface area contributed by atoms with Crippen LogP contribution in [0.1, 0.15) is 18.7 Å². The lowest BCUT2D eigenvalue weighted by atomic mass is 10.1. The first-order valence-electron chi connectivity index (χ1n) is 7.47. The maximum absolute atomic E-state index is 5.78. The van der Waals surface area contributed by atoms with E-state index in [2.05, 4.69) is 14.5 Å². The molecule has 22 heavy (non-hydrogen) atoms. The Morgan fingerprint density at radius 3 is 2.50 bits per heavy atom. The standard InChI is InChI=1S/C16H18N6/c1-9-19-13-5-4-12(11-6-14(17)21-15(18)7-11)20-16(13)22(9)8-10-2-3-10/h4-7,10H,2-3,8H2,1H3,(H4,17,18,21). The molecule has 1 aliphatic rings. The first-order chi connectivity index (χ1) is 10.6. The summed E-state index contributed by atoms with van der Waals surface area (Å²) in [6, 6.07) is 7.53. The van der Waals surface area contributed by atoms with Gasteiger partial charge in [0.15, 0.2) is 5.65 Å². The molecule has 3 aromatic heterocycles. The van der Waals surface area contributed by atoms with Crippen LogP contribution in [0, 0.1) is 12.8 Å². The number of imidazole rings is 1. The monoisotopic (exact) mass is 294 g/mol. The smallest absolute Gasteiger partial charge is 0.160 e. The minimum absolute atomic E-state index is 0.402. The summed E-state index contributed by atoms with van der Waals surface area (Å²) in [6.45, 7) is 3.03. The van der Waals surface area contributed by atoms with Crippen molar-refractivity contribution in [2.45, 2.75) is 26.3 Å². The summed E-state index contributed by atoms with van der Waals surface area (Å²) in [6.07, 6.45) is 2.60. The van der Waals surface area contributed by atoms with E-state index in [0.717, 1.165) is 40.7 Å². The predicted molar refractivity (Wildman–Crippen MR) is 87.0 cm³/mol. The molecular weight excluding hydrogens is 276 g/mol. The number of aromatic nitrogens is 4. The Hall–Kier alpha value is -2.63. The fraction of sp³-hybridized carbons (Fsp3) is 0.312. The molecule has 3 aromatic rings. The van der Waals surface area contributed by atoms with Crippen LogP contribution < -0.4 is 11.5 Å². The lowest BCUT2D eigenvalue weighted by Crippen LogP contribution is -2.03. The van der Waals surface area contributed by atoms with Crippen molar-refractivity contribution in [3.8, 4) is 11.3 Å². The molecule has 0 unspecified atom stereocenters. The molecule has 1 fully saturated rings. The first kappa shape index (κ1) is 13.1. The van der Waals surface area contributed by atoms with Crippen LogP contribution in [-0.4, -0.2) is 19.5 Å². The molecule has 0 atom stereocenters. The highest BCUT2D eigenvalue weighted by molar-refractivity contribution is 5.77. The normalized spacial score (nSPS) is 14.6. The lowest BCUT2D eigenvalue weighted by molar-refractivity contribution is 0.622. The molecule has 1 saturated carbocycles. The molecule has 3 heterocycles. The number of nitrogens with zero attached hydrogens (tertiary/aromatic N) is 4. The molecular formula is C16H18N6. The van der Waals surface area contributed by atoms with Crippen LogP contribution in [0.3, 0.4) is 0 Å². The highest BCUT2D eigenvalue weighted by Crippen LogP contribution is 2.32. The molecule has 6 heteroatoms. The van der Waals surface area contributed by atoms with Crippen LogP contribution in [0.4, 0.5) is 11.6 Å². The van der Waals surface area contributed by atoms with Gasteiger partial charge in [0, 0.05) is 12.1 Å². The van der Waals surface area contributed by atoms with E-state index in [1.54, 1.807) is 12.1 Å². The number of pyridine rings is 2. The Morgan fingerprint density at radius 1 is 1.09 bits per heavy atom. The third-order valence-corrected chi connectivity index (χ3v) is 4.08. The topological polar surface area (TPSA) is 95.6 Å². The minimum Gasteiger partial charge on any atom is -0.384 e. The van der Waals surface area contributed by atoms with E-state index in [1.165, 1.54) is 12.8 Å². The molecule has 1 aliphatic carbocycles. The highest BCUT2D eigenvalue weighted by Gasteiger charge is 2.24. The maximum Gasteiger partial charge on any atom is 0.160 e. The molecule has 0 amide bonds. The predicted octanol–water partition coefficient (Wildman–Crippen LogP) is 2.38. The zero-order chi connectivity index (χ0) is 15.3. The van der Waals surface area contributed by atoms with E-state index in [-0.39, 0.29) is 0 Å². The summed E-state index contributed by atoms with van der Waals surface area (Å²) in [4.78, 5) is 13.4. The SMILES string of the molecule is Cc1nc2ccc(-c3cc(N)nc(N)c3)nc2n1CC1CC1. The number of nitrogen functional groups attached to an aromatic ring is 2. The zero-order valence-corrected chi connectivity index (χ0v) is 12.5. The van der Waals surface area contributed by atoms with Crippen LogP contribution in [0.25, 0.3) is 22.4 Å². The van der Waals surface area contributed by atoms with Crippen molar-refractivity contribution in [3.63, 3.8) is 0 Å². The van der Waals surface area contributed by atoms with Gasteiger partial charge in [-0.05, 0) is 49.9 Å². The third-order valence-electron chi connectivity index (χ3n) is 4.08. The summed E-state index contributed by atoms with van der Waals surface area (Å²) in [5, 5.41) is 0. The molecule has 0 bridgehead atoms. The van der Waals surface area contributed by atoms with Gasteiger partial charge in [-0.3, -0.25) is 0 Å². The van der Waals surface area contributed by atoms with Gasteiger partial charge < -0.3 is 16.0 Å². The van der Waals surface area contributed by atoms with E-state index in [4.69, 9.17) is 16.5 Å². The Labute approximate surface area is 128 Å². The number of aryl methyl sites for hydroxylation is 1. The van der Waals surface area contributed by atoms with Gasteiger partial charge in [0.05, 0.1) is 5.69 Å². The Balaban J connectivity index is 1.84. The van der Waals surface area contributed by atoms with Crippen LogP contribution in [0.2, 0.25) is 0 Å². The number of fused-ring (bicyclic) bond motifs is 1. The second-order valence-corrected chi connectivity index (χ2v) is 5.96. The van der Waals surface area contributed by atoms with E-state index < -0.39 is 0 Å². The average molecular weight is 294 g/mol. The van der Waals surface area contributed by atoms with Crippen LogP contribution >= 0.6 is 0 Å². The zero-order valence-electron chi connectivity index (χ0n) is 12.5. The van der Waals surface area contributed by atoms with Crippen LogP contribution in [0.15, 0.2) is 24.3 Å². The van der Waals surface area contributed by atoms with E-state index in [1.807, 2.05) is 19.1 Å². The fourth-order valence-corrected chi connectivity index (χ4v) is 2.77. The Kier molecular flexibility index (Phi) is 2.79. The highest BCUT2D eigenvalue weighted by atomic mass is 15.1. The van der Waals surface area contributed by atoms with Gasteiger partial charge in [0.1, 0.15) is 23.0 Å². The van der Waals surface area contributed by atoms with Crippen LogP contribution in [-0.2, 0) is 6.54 Å². The average Bonchev–Trinajstić information content (AvgIpc) is 3.23. The maximum atomic E-state index is 5.78. The largest absolute Gasteiger partial charge is 0.384 e. The van der Waals surface area contributed by atoms with Crippen molar-refractivity contribution in [3.05, 3.63) is 30.1 Å². The lowest BCUT2D eigenvalue weighted by Gasteiger charge is -2.07. The summed E-state index contributed by atoms with van der Waals surface area (Å²) < 4.78 is 2.21. The Bertz CT molecular complexity index is 842. The fourth-order valence-electron chi connectivity index (χ4n) is 2.77. The molecule has 112 valence electrons. The number of anilines is 2. The van der Waals surface area contributed by atoms with E-state index >= 15 is 0 Å². The summed E-state index contributed by atoms with van der Waals surface area (Å²) in [7, 11) is 0. The van der Waals surface area contributed by atoms with Crippen molar-refractivity contribution in [2.24, 2.45) is 5.92 Å². The molecule has 6 nitrogen and oxygen atoms in total. The van der Waals surface area contributed by atoms with Gasteiger partial charge in [-0.15, -0.1) is 0 Å². The summed E-state index contributed by atoms with van der Waals surface area (Å²) in [5.74, 6) is 2.59. The van der Waals surface area contributed by atoms with Crippen molar-refractivity contribution in [1.82, 2.24) is 19.5 Å². The number of hydrogen-bond acceptors (Lipinski definition) is 5. The second kappa shape index (κ2) is 4.69. The van der Waals surface area contributed by atoms with Gasteiger partial charge in [-0.2, -0.15) is 0 Å². The van der Waals surface area contributed by atoms with Gasteiger partial charge in [0.25, 0.3) is 0 Å². The van der Waals surface area contributed by atoms with E-state index in [0.29, 0.717) is 11.6 Å². The molecule has 0 spiro atoms. The number of hydrogen-bond donors (Lipinski definition) is 2. The first-order valence-corrected chi connectivity index (χ1v) is 7.47. The number of nitrogens with two attached hydrogens (primary N) is 2. The molecule has 0 radical (unpaired) electrons. The van der Waals surface area contributed by atoms with E-state index in [9.17, 15) is 0 Å². The van der Waals surface area contributed by atoms with Gasteiger partial charge in [-0.1, -0.05) is 0 Å². The van der Waals surface area contributed by atoms with Gasteiger partial charge >= 0.3 is 0 Å². The third kappa shape index (κ3) is 2.26. The van der Waals surface area contributed by atoms with Crippen molar-refractivity contribution < 1.29 is 0 Å². The van der Waals surface area contributed by atoms with Crippen LogP contribution in [0.5, 0.6) is 0 Å². The molecule has 0 saturated heterocycles. The Morgan fingerprint density at radius 2 is 1.82 bits per heavy atom.